The molecule has 0 radical (unpaired) electrons. The van der Waals surface area contributed by atoms with Gasteiger partial charge in [-0.3, -0.25) is 9.78 Å². The molecule has 6 heteroatoms. The summed E-state index contributed by atoms with van der Waals surface area (Å²) in [5.74, 6) is 0. The number of anilines is 1. The molecule has 24 heavy (non-hydrogen) atoms. The number of aryl methyl sites for hydroxylation is 2. The van der Waals surface area contributed by atoms with Crippen LogP contribution in [0.1, 0.15) is 11.4 Å². The predicted molar refractivity (Wildman–Crippen MR) is 95.9 cm³/mol. The maximum atomic E-state index is 9.92. The molecule has 3 aromatic rings. The predicted octanol–water partition coefficient (Wildman–Crippen LogP) is 4.06. The SMILES string of the molecule is Cc1cc(-c2cccc(Cl)c2)ncn1.Cc1ccc(NC=O)cn1. The summed E-state index contributed by atoms with van der Waals surface area (Å²) in [6.07, 6.45) is 3.81. The number of rotatable bonds is 3. The van der Waals surface area contributed by atoms with Crippen LogP contribution in [0.3, 0.4) is 0 Å². The Bertz CT molecular complexity index is 763. The van der Waals surface area contributed by atoms with Crippen LogP contribution in [0.25, 0.3) is 11.3 Å². The van der Waals surface area contributed by atoms with Gasteiger partial charge in [0.15, 0.2) is 0 Å². The summed E-state index contributed by atoms with van der Waals surface area (Å²) in [7, 11) is 0. The van der Waals surface area contributed by atoms with Gasteiger partial charge in [0, 0.05) is 22.0 Å². The second-order valence-corrected chi connectivity index (χ2v) is 5.44. The lowest BCUT2D eigenvalue weighted by Crippen LogP contribution is -1.93. The molecule has 1 amide bonds. The highest BCUT2D eigenvalue weighted by atomic mass is 35.5. The number of hydrogen-bond donors (Lipinski definition) is 1. The monoisotopic (exact) mass is 340 g/mol. The molecular weight excluding hydrogens is 324 g/mol. The van der Waals surface area contributed by atoms with E-state index in [2.05, 4.69) is 20.3 Å². The molecule has 122 valence electrons. The van der Waals surface area contributed by atoms with Crippen LogP contribution in [0.15, 0.2) is 55.0 Å². The summed E-state index contributed by atoms with van der Waals surface area (Å²) in [6, 6.07) is 13.2. The van der Waals surface area contributed by atoms with Gasteiger partial charge in [0.05, 0.1) is 17.6 Å². The minimum atomic E-state index is 0.631. The average molecular weight is 341 g/mol. The van der Waals surface area contributed by atoms with Crippen LogP contribution in [0.2, 0.25) is 5.02 Å². The fraction of sp³-hybridized carbons (Fsp3) is 0.111. The minimum absolute atomic E-state index is 0.631. The van der Waals surface area contributed by atoms with Gasteiger partial charge in [-0.25, -0.2) is 9.97 Å². The Morgan fingerprint density at radius 2 is 1.83 bits per heavy atom. The van der Waals surface area contributed by atoms with Crippen LogP contribution in [-0.2, 0) is 4.79 Å². The topological polar surface area (TPSA) is 67.8 Å². The molecule has 1 N–H and O–H groups in total. The van der Waals surface area contributed by atoms with Gasteiger partial charge in [-0.05, 0) is 44.2 Å². The smallest absolute Gasteiger partial charge is 0.211 e. The summed E-state index contributed by atoms with van der Waals surface area (Å²) >= 11 is 5.89. The van der Waals surface area contributed by atoms with Crippen molar-refractivity contribution in [3.63, 3.8) is 0 Å². The molecule has 0 unspecified atom stereocenters. The lowest BCUT2D eigenvalue weighted by molar-refractivity contribution is -0.105. The lowest BCUT2D eigenvalue weighted by Gasteiger charge is -2.01. The molecule has 0 bridgehead atoms. The third kappa shape index (κ3) is 5.44. The standard InChI is InChI=1S/C11H9ClN2.C7H8N2O/c1-8-5-11(14-7-13-8)9-3-2-4-10(12)6-9;1-6-2-3-7(4-8-6)9-5-10/h2-7H,1H3;2-5H,1H3,(H,9,10). The van der Waals surface area contributed by atoms with E-state index in [1.807, 2.05) is 50.2 Å². The number of aromatic nitrogens is 3. The van der Waals surface area contributed by atoms with E-state index in [0.29, 0.717) is 6.41 Å². The van der Waals surface area contributed by atoms with E-state index in [9.17, 15) is 4.79 Å². The van der Waals surface area contributed by atoms with Gasteiger partial charge in [0.2, 0.25) is 6.41 Å². The summed E-state index contributed by atoms with van der Waals surface area (Å²) in [5.41, 5.74) is 4.54. The fourth-order valence-electron chi connectivity index (χ4n) is 1.88. The Hall–Kier alpha value is -2.79. The molecule has 1 aromatic carbocycles. The second kappa shape index (κ2) is 8.74. The van der Waals surface area contributed by atoms with Crippen molar-refractivity contribution >= 4 is 23.7 Å². The zero-order valence-electron chi connectivity index (χ0n) is 13.4. The molecule has 3 rings (SSSR count). The van der Waals surface area contributed by atoms with Crippen LogP contribution >= 0.6 is 11.6 Å². The third-order valence-electron chi connectivity index (χ3n) is 3.06. The highest BCUT2D eigenvalue weighted by Gasteiger charge is 1.99. The molecule has 2 aromatic heterocycles. The number of halogens is 1. The maximum Gasteiger partial charge on any atom is 0.211 e. The number of hydrogen-bond acceptors (Lipinski definition) is 4. The van der Waals surface area contributed by atoms with Crippen LogP contribution in [-0.4, -0.2) is 21.4 Å². The van der Waals surface area contributed by atoms with Gasteiger partial charge in [-0.1, -0.05) is 23.7 Å². The van der Waals surface area contributed by atoms with E-state index in [1.165, 1.54) is 0 Å². The van der Waals surface area contributed by atoms with Crippen molar-refractivity contribution in [2.75, 3.05) is 5.32 Å². The number of amides is 1. The van der Waals surface area contributed by atoms with Gasteiger partial charge >= 0.3 is 0 Å². The Kier molecular flexibility index (Phi) is 6.40. The Morgan fingerprint density at radius 1 is 1.00 bits per heavy atom. The number of nitrogens with one attached hydrogen (secondary N) is 1. The first kappa shape index (κ1) is 17.6. The molecule has 0 saturated carbocycles. The normalized spacial score (nSPS) is 9.62. The van der Waals surface area contributed by atoms with E-state index in [0.717, 1.165) is 33.4 Å². The van der Waals surface area contributed by atoms with E-state index in [1.54, 1.807) is 18.6 Å². The van der Waals surface area contributed by atoms with Crippen molar-refractivity contribution < 1.29 is 4.79 Å². The number of carbonyl (C=O) groups is 1. The molecule has 0 spiro atoms. The average Bonchev–Trinajstić information content (AvgIpc) is 2.58. The summed E-state index contributed by atoms with van der Waals surface area (Å²) in [4.78, 5) is 22.1. The third-order valence-corrected chi connectivity index (χ3v) is 3.30. The molecule has 0 saturated heterocycles. The van der Waals surface area contributed by atoms with Gasteiger partial charge in [-0.2, -0.15) is 0 Å². The van der Waals surface area contributed by atoms with Crippen molar-refractivity contribution in [1.29, 1.82) is 0 Å². The Balaban J connectivity index is 0.000000185. The van der Waals surface area contributed by atoms with Crippen LogP contribution in [0.4, 0.5) is 5.69 Å². The van der Waals surface area contributed by atoms with Gasteiger partial charge in [0.1, 0.15) is 6.33 Å². The van der Waals surface area contributed by atoms with Crippen LogP contribution < -0.4 is 5.32 Å². The van der Waals surface area contributed by atoms with E-state index >= 15 is 0 Å². The number of pyridine rings is 1. The first-order valence-corrected chi connectivity index (χ1v) is 7.63. The van der Waals surface area contributed by atoms with Crippen molar-refractivity contribution in [3.05, 3.63) is 71.4 Å². The zero-order chi connectivity index (χ0) is 17.4. The highest BCUT2D eigenvalue weighted by Crippen LogP contribution is 2.20. The zero-order valence-corrected chi connectivity index (χ0v) is 14.2. The second-order valence-electron chi connectivity index (χ2n) is 5.01. The van der Waals surface area contributed by atoms with Gasteiger partial charge < -0.3 is 5.32 Å². The first-order chi connectivity index (χ1) is 11.6. The largest absolute Gasteiger partial charge is 0.327 e. The van der Waals surface area contributed by atoms with Crippen molar-refractivity contribution in [3.8, 4) is 11.3 Å². The quantitative estimate of drug-likeness (QED) is 0.730. The van der Waals surface area contributed by atoms with E-state index < -0.39 is 0 Å². The molecular formula is C18H17ClN4O. The van der Waals surface area contributed by atoms with Crippen molar-refractivity contribution in [1.82, 2.24) is 15.0 Å². The van der Waals surface area contributed by atoms with Crippen molar-refractivity contribution in [2.24, 2.45) is 0 Å². The lowest BCUT2D eigenvalue weighted by atomic mass is 10.1. The Labute approximate surface area is 145 Å². The Morgan fingerprint density at radius 3 is 2.46 bits per heavy atom. The fourth-order valence-corrected chi connectivity index (χ4v) is 2.07. The number of carbonyl (C=O) groups excluding carboxylic acids is 1. The van der Waals surface area contributed by atoms with Crippen LogP contribution in [0, 0.1) is 13.8 Å². The van der Waals surface area contributed by atoms with Gasteiger partial charge in [-0.15, -0.1) is 0 Å². The first-order valence-electron chi connectivity index (χ1n) is 7.26. The summed E-state index contributed by atoms with van der Waals surface area (Å²) < 4.78 is 0. The molecule has 0 aliphatic rings. The maximum absolute atomic E-state index is 9.92. The molecule has 0 aliphatic heterocycles. The summed E-state index contributed by atoms with van der Waals surface area (Å²) in [6.45, 7) is 3.83. The minimum Gasteiger partial charge on any atom is -0.327 e. The number of benzene rings is 1. The van der Waals surface area contributed by atoms with Gasteiger partial charge in [0.25, 0.3) is 0 Å². The van der Waals surface area contributed by atoms with E-state index in [-0.39, 0.29) is 0 Å². The molecule has 5 nitrogen and oxygen atoms in total. The highest BCUT2D eigenvalue weighted by molar-refractivity contribution is 6.30. The molecule has 0 atom stereocenters. The van der Waals surface area contributed by atoms with Crippen LogP contribution in [0.5, 0.6) is 0 Å². The molecule has 0 aliphatic carbocycles. The molecule has 0 fully saturated rings. The van der Waals surface area contributed by atoms with E-state index in [4.69, 9.17) is 11.6 Å². The molecule has 2 heterocycles. The number of nitrogens with zero attached hydrogens (tertiary/aromatic N) is 3. The van der Waals surface area contributed by atoms with Crippen molar-refractivity contribution in [2.45, 2.75) is 13.8 Å². The summed E-state index contributed by atoms with van der Waals surface area (Å²) in [5, 5.41) is 3.21.